The van der Waals surface area contributed by atoms with Gasteiger partial charge in [-0.1, -0.05) is 5.16 Å². The van der Waals surface area contributed by atoms with Gasteiger partial charge in [0.05, 0.1) is 0 Å². The van der Waals surface area contributed by atoms with E-state index in [9.17, 15) is 4.79 Å². The fourth-order valence-electron chi connectivity index (χ4n) is 1.06. The van der Waals surface area contributed by atoms with Crippen LogP contribution in [-0.4, -0.2) is 26.2 Å². The zero-order chi connectivity index (χ0) is 10.1. The van der Waals surface area contributed by atoms with Gasteiger partial charge in [-0.05, 0) is 13.0 Å². The van der Waals surface area contributed by atoms with E-state index in [0.717, 1.165) is 5.69 Å². The maximum absolute atomic E-state index is 10.4. The smallest absolute Gasteiger partial charge is 0.394 e. The summed E-state index contributed by atoms with van der Waals surface area (Å²) in [4.78, 5) is 17.1. The number of carboxylic acids is 1. The molecular weight excluding hydrogens is 186 g/mol. The zero-order valence-corrected chi connectivity index (χ0v) is 7.31. The van der Waals surface area contributed by atoms with Crippen molar-refractivity contribution >= 4 is 5.97 Å². The molecule has 72 valence electrons. The molecule has 0 amide bonds. The van der Waals surface area contributed by atoms with E-state index in [1.807, 2.05) is 6.92 Å². The first-order chi connectivity index (χ1) is 6.66. The second kappa shape index (κ2) is 2.99. The number of aromatic amines is 1. The van der Waals surface area contributed by atoms with Crippen LogP contribution >= 0.6 is 0 Å². The minimum Gasteiger partial charge on any atom is -0.474 e. The molecule has 0 unspecified atom stereocenters. The third kappa shape index (κ3) is 1.37. The molecule has 0 bridgehead atoms. The van der Waals surface area contributed by atoms with Crippen molar-refractivity contribution in [2.24, 2.45) is 0 Å². The van der Waals surface area contributed by atoms with Crippen LogP contribution in [0, 0.1) is 6.92 Å². The minimum absolute atomic E-state index is 0.270. The Kier molecular flexibility index (Phi) is 1.81. The molecule has 0 saturated heterocycles. The molecule has 0 aliphatic rings. The maximum atomic E-state index is 10.4. The van der Waals surface area contributed by atoms with Crippen LogP contribution in [0.3, 0.4) is 0 Å². The molecule has 0 radical (unpaired) electrons. The van der Waals surface area contributed by atoms with Crippen molar-refractivity contribution in [2.75, 3.05) is 0 Å². The Morgan fingerprint density at radius 3 is 2.93 bits per heavy atom. The van der Waals surface area contributed by atoms with Gasteiger partial charge >= 0.3 is 11.9 Å². The summed E-state index contributed by atoms with van der Waals surface area (Å²) >= 11 is 0. The molecule has 2 heterocycles. The van der Waals surface area contributed by atoms with E-state index >= 15 is 0 Å². The van der Waals surface area contributed by atoms with Gasteiger partial charge in [-0.15, -0.1) is 0 Å². The number of aromatic nitrogens is 3. The number of nitrogens with zero attached hydrogens (tertiary/aromatic N) is 2. The average molecular weight is 193 g/mol. The van der Waals surface area contributed by atoms with Crippen LogP contribution in [0.4, 0.5) is 0 Å². The highest BCUT2D eigenvalue weighted by Crippen LogP contribution is 2.16. The standard InChI is InChI=1S/C8H7N3O3/c1-4-2-5(3-9-4)6-10-7(8(12)13)14-11-6/h2-3,9H,1H3,(H,12,13). The summed E-state index contributed by atoms with van der Waals surface area (Å²) in [5, 5.41) is 12.1. The van der Waals surface area contributed by atoms with Crippen LogP contribution in [0.5, 0.6) is 0 Å². The van der Waals surface area contributed by atoms with E-state index < -0.39 is 11.9 Å². The molecule has 2 aromatic rings. The molecule has 0 aliphatic carbocycles. The van der Waals surface area contributed by atoms with E-state index in [1.165, 1.54) is 0 Å². The molecule has 0 spiro atoms. The average Bonchev–Trinajstić information content (AvgIpc) is 2.70. The number of hydrogen-bond donors (Lipinski definition) is 2. The Labute approximate surface area is 78.6 Å². The van der Waals surface area contributed by atoms with E-state index in [0.29, 0.717) is 5.56 Å². The van der Waals surface area contributed by atoms with Gasteiger partial charge in [0.1, 0.15) is 0 Å². The largest absolute Gasteiger partial charge is 0.474 e. The van der Waals surface area contributed by atoms with Gasteiger partial charge in [0.25, 0.3) is 0 Å². The number of carboxylic acid groups (broad SMARTS) is 1. The first kappa shape index (κ1) is 8.49. The van der Waals surface area contributed by atoms with Crippen molar-refractivity contribution in [1.29, 1.82) is 0 Å². The summed E-state index contributed by atoms with van der Waals surface area (Å²) in [5.74, 6) is -1.36. The van der Waals surface area contributed by atoms with Crippen LogP contribution < -0.4 is 0 Å². The summed E-state index contributed by atoms with van der Waals surface area (Å²) in [7, 11) is 0. The quantitative estimate of drug-likeness (QED) is 0.744. The first-order valence-corrected chi connectivity index (χ1v) is 3.89. The second-order valence-electron chi connectivity index (χ2n) is 2.80. The molecule has 14 heavy (non-hydrogen) atoms. The van der Waals surface area contributed by atoms with Crippen LogP contribution in [0.25, 0.3) is 11.4 Å². The highest BCUT2D eigenvalue weighted by Gasteiger charge is 2.14. The van der Waals surface area contributed by atoms with E-state index in [4.69, 9.17) is 5.11 Å². The van der Waals surface area contributed by atoms with E-state index in [2.05, 4.69) is 19.6 Å². The number of aryl methyl sites for hydroxylation is 1. The number of carbonyl (C=O) groups is 1. The third-order valence-corrected chi connectivity index (χ3v) is 1.69. The topological polar surface area (TPSA) is 92.0 Å². The van der Waals surface area contributed by atoms with Gasteiger partial charge in [0.2, 0.25) is 5.82 Å². The molecule has 0 saturated carbocycles. The molecular formula is C8H7N3O3. The first-order valence-electron chi connectivity index (χ1n) is 3.89. The summed E-state index contributed by atoms with van der Waals surface area (Å²) in [6, 6.07) is 1.80. The molecule has 6 nitrogen and oxygen atoms in total. The minimum atomic E-state index is -1.23. The lowest BCUT2D eigenvalue weighted by Crippen LogP contribution is -1.95. The molecule has 6 heteroatoms. The van der Waals surface area contributed by atoms with Gasteiger partial charge in [0, 0.05) is 17.5 Å². The number of nitrogens with one attached hydrogen (secondary N) is 1. The Bertz CT molecular complexity index is 472. The molecule has 0 aromatic carbocycles. The van der Waals surface area contributed by atoms with Gasteiger partial charge in [0.15, 0.2) is 0 Å². The third-order valence-electron chi connectivity index (χ3n) is 1.69. The van der Waals surface area contributed by atoms with Crippen molar-refractivity contribution < 1.29 is 14.4 Å². The van der Waals surface area contributed by atoms with Crippen molar-refractivity contribution in [2.45, 2.75) is 6.92 Å². The van der Waals surface area contributed by atoms with Crippen molar-refractivity contribution in [1.82, 2.24) is 15.1 Å². The highest BCUT2D eigenvalue weighted by molar-refractivity contribution is 5.82. The number of rotatable bonds is 2. The Balaban J connectivity index is 2.38. The Morgan fingerprint density at radius 1 is 1.64 bits per heavy atom. The predicted molar refractivity (Wildman–Crippen MR) is 45.8 cm³/mol. The number of hydrogen-bond acceptors (Lipinski definition) is 4. The fourth-order valence-corrected chi connectivity index (χ4v) is 1.06. The lowest BCUT2D eigenvalue weighted by molar-refractivity contribution is 0.0643. The molecule has 0 aliphatic heterocycles. The van der Waals surface area contributed by atoms with Gasteiger partial charge in [-0.3, -0.25) is 0 Å². The van der Waals surface area contributed by atoms with Crippen LogP contribution in [-0.2, 0) is 0 Å². The van der Waals surface area contributed by atoms with Gasteiger partial charge in [-0.25, -0.2) is 4.79 Å². The Hall–Kier alpha value is -2.11. The number of H-pyrrole nitrogens is 1. The van der Waals surface area contributed by atoms with Gasteiger partial charge in [-0.2, -0.15) is 4.98 Å². The van der Waals surface area contributed by atoms with Crippen LogP contribution in [0.1, 0.15) is 16.4 Å². The zero-order valence-electron chi connectivity index (χ0n) is 7.31. The molecule has 0 atom stereocenters. The normalized spacial score (nSPS) is 10.4. The van der Waals surface area contributed by atoms with Crippen LogP contribution in [0.15, 0.2) is 16.8 Å². The molecule has 2 N–H and O–H groups in total. The molecule has 0 fully saturated rings. The number of aromatic carboxylic acids is 1. The van der Waals surface area contributed by atoms with Crippen molar-refractivity contribution in [3.63, 3.8) is 0 Å². The van der Waals surface area contributed by atoms with Gasteiger partial charge < -0.3 is 14.6 Å². The fraction of sp³-hybridized carbons (Fsp3) is 0.125. The summed E-state index contributed by atoms with van der Waals surface area (Å²) < 4.78 is 4.52. The summed E-state index contributed by atoms with van der Waals surface area (Å²) in [5.41, 5.74) is 1.65. The SMILES string of the molecule is Cc1cc(-c2noc(C(=O)O)n2)c[nH]1. The lowest BCUT2D eigenvalue weighted by atomic mass is 10.3. The predicted octanol–water partition coefficient (Wildman–Crippen LogP) is 1.07. The van der Waals surface area contributed by atoms with Crippen LogP contribution in [0.2, 0.25) is 0 Å². The van der Waals surface area contributed by atoms with Crippen molar-refractivity contribution in [3.05, 3.63) is 23.8 Å². The molecule has 2 rings (SSSR count). The second-order valence-corrected chi connectivity index (χ2v) is 2.80. The van der Waals surface area contributed by atoms with Crippen molar-refractivity contribution in [3.8, 4) is 11.4 Å². The summed E-state index contributed by atoms with van der Waals surface area (Å²) in [6.45, 7) is 1.88. The Morgan fingerprint density at radius 2 is 2.43 bits per heavy atom. The molecule has 2 aromatic heterocycles. The maximum Gasteiger partial charge on any atom is 0.394 e. The monoisotopic (exact) mass is 193 g/mol. The summed E-state index contributed by atoms with van der Waals surface area (Å²) in [6.07, 6.45) is 1.69. The van der Waals surface area contributed by atoms with E-state index in [1.54, 1.807) is 12.3 Å². The lowest BCUT2D eigenvalue weighted by Gasteiger charge is -1.81. The van der Waals surface area contributed by atoms with E-state index in [-0.39, 0.29) is 5.82 Å². The highest BCUT2D eigenvalue weighted by atomic mass is 16.5.